The molecule has 0 aromatic heterocycles. The number of alkyl carbamates (subject to hydrolysis) is 1. The maximum absolute atomic E-state index is 13.8. The summed E-state index contributed by atoms with van der Waals surface area (Å²) in [7, 11) is 0. The van der Waals surface area contributed by atoms with Gasteiger partial charge in [-0.15, -0.1) is 0 Å². The van der Waals surface area contributed by atoms with Crippen molar-refractivity contribution in [3.05, 3.63) is 59.7 Å². The van der Waals surface area contributed by atoms with E-state index in [2.05, 4.69) is 21.3 Å². The van der Waals surface area contributed by atoms with Crippen LogP contribution in [0.1, 0.15) is 91.2 Å². The molecule has 0 radical (unpaired) electrons. The molecule has 14 heteroatoms. The van der Waals surface area contributed by atoms with E-state index in [1.165, 1.54) is 30.5 Å². The molecule has 13 nitrogen and oxygen atoms in total. The topological polar surface area (TPSA) is 172 Å². The number of carbonyl (C=O) groups excluding carboxylic acids is 6. The van der Waals surface area contributed by atoms with Gasteiger partial charge in [0.15, 0.2) is 0 Å². The first kappa shape index (κ1) is 43.1. The maximum Gasteiger partial charge on any atom is 0.407 e. The van der Waals surface area contributed by atoms with Gasteiger partial charge in [-0.1, -0.05) is 68.8 Å². The van der Waals surface area contributed by atoms with Crippen LogP contribution in [0.15, 0.2) is 48.5 Å². The Labute approximate surface area is 328 Å². The summed E-state index contributed by atoms with van der Waals surface area (Å²) in [6.45, 7) is 12.5. The molecule has 300 valence electrons. The Morgan fingerprint density at radius 3 is 2.00 bits per heavy atom. The maximum atomic E-state index is 13.8. The normalized spacial score (nSPS) is 17.7. The van der Waals surface area contributed by atoms with E-state index in [1.807, 2.05) is 68.6 Å². The van der Waals surface area contributed by atoms with Crippen molar-refractivity contribution in [1.82, 2.24) is 26.2 Å². The molecule has 2 aromatic rings. The molecule has 1 saturated heterocycles. The fourth-order valence-corrected chi connectivity index (χ4v) is 7.32. The molecule has 2 aliphatic rings. The molecule has 1 aliphatic carbocycles. The van der Waals surface area contributed by atoms with E-state index in [4.69, 9.17) is 9.47 Å². The number of hydrogen-bond acceptors (Lipinski definition) is 9. The average molecular weight is 780 g/mol. The van der Waals surface area contributed by atoms with Crippen molar-refractivity contribution in [3.8, 4) is 11.1 Å². The number of thioether (sulfide) groups is 1. The summed E-state index contributed by atoms with van der Waals surface area (Å²) in [4.78, 5) is 81.3. The zero-order valence-corrected chi connectivity index (χ0v) is 34.0. The second-order valence-corrected chi connectivity index (χ2v) is 16.3. The quantitative estimate of drug-likeness (QED) is 0.179. The van der Waals surface area contributed by atoms with Crippen LogP contribution in [-0.4, -0.2) is 102 Å². The summed E-state index contributed by atoms with van der Waals surface area (Å²) in [5.41, 5.74) is 3.61. The summed E-state index contributed by atoms with van der Waals surface area (Å²) >= 11 is 1.49. The second kappa shape index (κ2) is 19.3. The van der Waals surface area contributed by atoms with Gasteiger partial charge in [-0.05, 0) is 94.1 Å². The van der Waals surface area contributed by atoms with Crippen molar-refractivity contribution in [2.45, 2.75) is 116 Å². The van der Waals surface area contributed by atoms with Crippen LogP contribution < -0.4 is 21.3 Å². The summed E-state index contributed by atoms with van der Waals surface area (Å²) in [5, 5.41) is 10.8. The number of carbonyl (C=O) groups is 6. The molecule has 0 spiro atoms. The van der Waals surface area contributed by atoms with Gasteiger partial charge in [-0.2, -0.15) is 11.8 Å². The van der Waals surface area contributed by atoms with Gasteiger partial charge in [0.25, 0.3) is 0 Å². The Balaban J connectivity index is 1.33. The molecule has 6 atom stereocenters. The predicted octanol–water partition coefficient (Wildman–Crippen LogP) is 4.52. The second-order valence-electron chi connectivity index (χ2n) is 15.4. The summed E-state index contributed by atoms with van der Waals surface area (Å²) in [5.74, 6) is -2.50. The predicted molar refractivity (Wildman–Crippen MR) is 212 cm³/mol. The highest BCUT2D eigenvalue weighted by atomic mass is 32.2. The Morgan fingerprint density at radius 1 is 0.836 bits per heavy atom. The molecule has 4 rings (SSSR count). The molecular formula is C41H57N5O8S. The average Bonchev–Trinajstić information content (AvgIpc) is 3.77. The Bertz CT molecular complexity index is 1670. The van der Waals surface area contributed by atoms with E-state index in [1.54, 1.807) is 20.8 Å². The third-order valence-electron chi connectivity index (χ3n) is 10.1. The Kier molecular flexibility index (Phi) is 15.2. The van der Waals surface area contributed by atoms with Crippen LogP contribution in [0.3, 0.4) is 0 Å². The zero-order chi connectivity index (χ0) is 40.4. The van der Waals surface area contributed by atoms with Gasteiger partial charge < -0.3 is 35.6 Å². The molecular weight excluding hydrogens is 723 g/mol. The van der Waals surface area contributed by atoms with Crippen LogP contribution in [0.5, 0.6) is 0 Å². The van der Waals surface area contributed by atoms with E-state index >= 15 is 0 Å². The molecule has 5 amide bonds. The number of fused-ring (bicyclic) bond motifs is 3. The van der Waals surface area contributed by atoms with Crippen molar-refractivity contribution in [3.63, 3.8) is 0 Å². The Morgan fingerprint density at radius 2 is 1.42 bits per heavy atom. The van der Waals surface area contributed by atoms with Crippen molar-refractivity contribution >= 4 is 47.5 Å². The van der Waals surface area contributed by atoms with Gasteiger partial charge >= 0.3 is 12.1 Å². The Hall–Kier alpha value is -4.59. The lowest BCUT2D eigenvalue weighted by Gasteiger charge is -2.33. The highest BCUT2D eigenvalue weighted by Crippen LogP contribution is 2.44. The number of rotatable bonds is 16. The molecule has 0 unspecified atom stereocenters. The first-order chi connectivity index (χ1) is 26.1. The molecule has 1 aliphatic heterocycles. The lowest BCUT2D eigenvalue weighted by Crippen LogP contribution is -2.59. The van der Waals surface area contributed by atoms with Crippen LogP contribution in [0.4, 0.5) is 4.79 Å². The molecule has 1 heterocycles. The smallest absolute Gasteiger partial charge is 0.407 e. The van der Waals surface area contributed by atoms with Gasteiger partial charge in [0.05, 0.1) is 0 Å². The van der Waals surface area contributed by atoms with Crippen LogP contribution in [0.2, 0.25) is 0 Å². The molecule has 0 saturated carbocycles. The third kappa shape index (κ3) is 11.2. The summed E-state index contributed by atoms with van der Waals surface area (Å²) in [6.07, 6.45) is 3.04. The van der Waals surface area contributed by atoms with Gasteiger partial charge in [0.2, 0.25) is 23.6 Å². The van der Waals surface area contributed by atoms with Gasteiger partial charge in [0, 0.05) is 12.5 Å². The molecule has 55 heavy (non-hydrogen) atoms. The van der Waals surface area contributed by atoms with Crippen LogP contribution >= 0.6 is 11.8 Å². The van der Waals surface area contributed by atoms with Crippen LogP contribution in [0.25, 0.3) is 11.1 Å². The molecule has 2 aromatic carbocycles. The van der Waals surface area contributed by atoms with Crippen LogP contribution in [-0.2, 0) is 33.4 Å². The summed E-state index contributed by atoms with van der Waals surface area (Å²) in [6, 6.07) is 11.2. The highest BCUT2D eigenvalue weighted by Gasteiger charge is 2.41. The largest absolute Gasteiger partial charge is 0.458 e. The van der Waals surface area contributed by atoms with Crippen molar-refractivity contribution in [2.75, 3.05) is 25.2 Å². The van der Waals surface area contributed by atoms with Gasteiger partial charge in [-0.3, -0.25) is 19.2 Å². The van der Waals surface area contributed by atoms with Crippen LogP contribution in [0, 0.1) is 5.92 Å². The number of esters is 1. The van der Waals surface area contributed by atoms with Crippen molar-refractivity contribution in [1.29, 1.82) is 0 Å². The number of amides is 5. The first-order valence-electron chi connectivity index (χ1n) is 19.1. The van der Waals surface area contributed by atoms with E-state index in [0.717, 1.165) is 22.3 Å². The van der Waals surface area contributed by atoms with E-state index in [0.29, 0.717) is 31.6 Å². The number of nitrogens with one attached hydrogen (secondary N) is 4. The number of benzene rings is 2. The number of likely N-dealkylation sites (tertiary alicyclic amines) is 1. The van der Waals surface area contributed by atoms with E-state index < -0.39 is 65.6 Å². The number of hydrogen-bond donors (Lipinski definition) is 4. The fraction of sp³-hybridized carbons (Fsp3) is 0.561. The molecule has 1 fully saturated rings. The highest BCUT2D eigenvalue weighted by molar-refractivity contribution is 7.98. The van der Waals surface area contributed by atoms with Crippen molar-refractivity contribution in [2.24, 2.45) is 5.92 Å². The lowest BCUT2D eigenvalue weighted by atomic mass is 9.97. The van der Waals surface area contributed by atoms with E-state index in [-0.39, 0.29) is 30.8 Å². The minimum Gasteiger partial charge on any atom is -0.458 e. The molecule has 4 N–H and O–H groups in total. The standard InChI is InChI=1S/C41H57N5O8S/c1-9-24(2)34(38(50)46-21-14-19-33(46)39(51)54-41(5,6)7)45-36(48)25(3)42-37(49)32(20-22-55-8)44-35(47)26(4)43-40(52)53-23-31-29-17-12-10-15-27(29)28-16-11-13-18-30(28)31/h10-13,15-18,24-26,31-34H,9,14,19-23H2,1-8H3,(H,42,49)(H,43,52)(H,44,47)(H,45,48)/t24-,25-,26-,32-,33-,34-/m0/s1. The third-order valence-corrected chi connectivity index (χ3v) is 10.7. The first-order valence-corrected chi connectivity index (χ1v) is 20.5. The minimum absolute atomic E-state index is 0.0821. The number of nitrogens with zero attached hydrogens (tertiary/aromatic N) is 1. The fourth-order valence-electron chi connectivity index (χ4n) is 6.85. The SMILES string of the molecule is CC[C@H](C)[C@H](NC(=O)[C@H](C)NC(=O)[C@H](CCSC)NC(=O)[C@H](C)NC(=O)OCC1c2ccccc2-c2ccccc21)C(=O)N1CCC[C@H]1C(=O)OC(C)(C)C. The summed E-state index contributed by atoms with van der Waals surface area (Å²) < 4.78 is 11.2. The molecule has 0 bridgehead atoms. The monoisotopic (exact) mass is 779 g/mol. The van der Waals surface area contributed by atoms with E-state index in [9.17, 15) is 28.8 Å². The minimum atomic E-state index is -1.06. The zero-order valence-electron chi connectivity index (χ0n) is 33.2. The van der Waals surface area contributed by atoms with Gasteiger partial charge in [-0.25, -0.2) is 9.59 Å². The van der Waals surface area contributed by atoms with Gasteiger partial charge in [0.1, 0.15) is 42.4 Å². The number of ether oxygens (including phenoxy) is 2. The lowest BCUT2D eigenvalue weighted by molar-refractivity contribution is -0.163. The van der Waals surface area contributed by atoms with Crippen molar-refractivity contribution < 1.29 is 38.2 Å².